The molecule has 0 aromatic heterocycles. The Labute approximate surface area is 137 Å². The van der Waals surface area contributed by atoms with Gasteiger partial charge in [0.05, 0.1) is 11.4 Å². The van der Waals surface area contributed by atoms with E-state index < -0.39 is 15.4 Å². The van der Waals surface area contributed by atoms with E-state index in [1.165, 1.54) is 32.1 Å². The molecular weight excluding hydrogens is 300 g/mol. The zero-order valence-corrected chi connectivity index (χ0v) is 15.3. The highest BCUT2D eigenvalue weighted by molar-refractivity contribution is 7.86. The van der Waals surface area contributed by atoms with Gasteiger partial charge in [-0.1, -0.05) is 65.2 Å². The SMILES string of the molecule is CCCCCCCCCCC(CCCC(O)CC)S(=O)(=O)O. The van der Waals surface area contributed by atoms with E-state index >= 15 is 0 Å². The van der Waals surface area contributed by atoms with Crippen molar-refractivity contribution < 1.29 is 18.1 Å². The van der Waals surface area contributed by atoms with Crippen molar-refractivity contribution in [3.8, 4) is 0 Å². The molecule has 2 unspecified atom stereocenters. The molecule has 0 saturated heterocycles. The zero-order chi connectivity index (χ0) is 16.8. The Morgan fingerprint density at radius 2 is 1.27 bits per heavy atom. The van der Waals surface area contributed by atoms with E-state index in [0.29, 0.717) is 32.1 Å². The van der Waals surface area contributed by atoms with Gasteiger partial charge in [-0.3, -0.25) is 4.55 Å². The topological polar surface area (TPSA) is 74.6 Å². The van der Waals surface area contributed by atoms with E-state index in [4.69, 9.17) is 0 Å². The molecule has 0 aliphatic heterocycles. The smallest absolute Gasteiger partial charge is 0.267 e. The highest BCUT2D eigenvalue weighted by atomic mass is 32.2. The van der Waals surface area contributed by atoms with Gasteiger partial charge in [0.25, 0.3) is 10.1 Å². The number of hydrogen-bond donors (Lipinski definition) is 2. The van der Waals surface area contributed by atoms with Crippen LogP contribution < -0.4 is 0 Å². The Kier molecular flexibility index (Phi) is 13.2. The number of hydrogen-bond acceptors (Lipinski definition) is 3. The Morgan fingerprint density at radius 1 is 0.773 bits per heavy atom. The summed E-state index contributed by atoms with van der Waals surface area (Å²) >= 11 is 0. The normalized spacial score (nSPS) is 14.9. The first-order valence-corrected chi connectivity index (χ1v) is 10.6. The van der Waals surface area contributed by atoms with Crippen LogP contribution in [0.3, 0.4) is 0 Å². The maximum atomic E-state index is 11.4. The van der Waals surface area contributed by atoms with Crippen molar-refractivity contribution in [3.63, 3.8) is 0 Å². The lowest BCUT2D eigenvalue weighted by atomic mass is 10.0. The fourth-order valence-corrected chi connectivity index (χ4v) is 3.66. The molecular formula is C17H36O4S. The van der Waals surface area contributed by atoms with Crippen LogP contribution in [0.25, 0.3) is 0 Å². The molecule has 2 atom stereocenters. The van der Waals surface area contributed by atoms with Crippen LogP contribution in [0.1, 0.15) is 97.3 Å². The second-order valence-electron chi connectivity index (χ2n) is 6.39. The molecule has 22 heavy (non-hydrogen) atoms. The molecule has 0 spiro atoms. The highest BCUT2D eigenvalue weighted by Crippen LogP contribution is 2.19. The summed E-state index contributed by atoms with van der Waals surface area (Å²) < 4.78 is 32.1. The molecule has 0 saturated carbocycles. The van der Waals surface area contributed by atoms with Gasteiger partial charge in [-0.25, -0.2) is 0 Å². The van der Waals surface area contributed by atoms with E-state index in [9.17, 15) is 18.1 Å². The third kappa shape index (κ3) is 12.4. The van der Waals surface area contributed by atoms with Crippen LogP contribution in [0.2, 0.25) is 0 Å². The van der Waals surface area contributed by atoms with Gasteiger partial charge in [-0.05, 0) is 32.1 Å². The van der Waals surface area contributed by atoms with Crippen LogP contribution in [-0.4, -0.2) is 29.4 Å². The molecule has 0 bridgehead atoms. The van der Waals surface area contributed by atoms with E-state index in [1.54, 1.807) is 0 Å². The first-order chi connectivity index (χ1) is 10.4. The molecule has 4 nitrogen and oxygen atoms in total. The largest absolute Gasteiger partial charge is 0.393 e. The molecule has 0 radical (unpaired) electrons. The van der Waals surface area contributed by atoms with Gasteiger partial charge >= 0.3 is 0 Å². The van der Waals surface area contributed by atoms with Crippen LogP contribution in [-0.2, 0) is 10.1 Å². The maximum absolute atomic E-state index is 11.4. The van der Waals surface area contributed by atoms with Gasteiger partial charge in [-0.2, -0.15) is 8.42 Å². The monoisotopic (exact) mass is 336 g/mol. The van der Waals surface area contributed by atoms with Gasteiger partial charge in [0.1, 0.15) is 0 Å². The maximum Gasteiger partial charge on any atom is 0.267 e. The molecule has 0 rings (SSSR count). The first-order valence-electron chi connectivity index (χ1n) is 9.06. The van der Waals surface area contributed by atoms with Crippen molar-refractivity contribution in [2.45, 2.75) is 109 Å². The lowest BCUT2D eigenvalue weighted by Crippen LogP contribution is -2.21. The van der Waals surface area contributed by atoms with Crippen LogP contribution >= 0.6 is 0 Å². The number of unbranched alkanes of at least 4 members (excludes halogenated alkanes) is 7. The minimum Gasteiger partial charge on any atom is -0.393 e. The quantitative estimate of drug-likeness (QED) is 0.335. The number of aliphatic hydroxyl groups is 1. The third-order valence-electron chi connectivity index (χ3n) is 4.34. The third-order valence-corrected chi connectivity index (χ3v) is 5.65. The highest BCUT2D eigenvalue weighted by Gasteiger charge is 2.22. The zero-order valence-electron chi connectivity index (χ0n) is 14.5. The number of aliphatic hydroxyl groups excluding tert-OH is 1. The van der Waals surface area contributed by atoms with Crippen LogP contribution in [0, 0.1) is 0 Å². The summed E-state index contributed by atoms with van der Waals surface area (Å²) in [7, 11) is -3.96. The molecule has 0 aromatic rings. The van der Waals surface area contributed by atoms with Gasteiger partial charge in [0.15, 0.2) is 0 Å². The van der Waals surface area contributed by atoms with Crippen molar-refractivity contribution in [3.05, 3.63) is 0 Å². The van der Waals surface area contributed by atoms with Gasteiger partial charge in [-0.15, -0.1) is 0 Å². The van der Waals surface area contributed by atoms with Crippen molar-refractivity contribution >= 4 is 10.1 Å². The molecule has 0 heterocycles. The molecule has 0 aliphatic rings. The van der Waals surface area contributed by atoms with Gasteiger partial charge < -0.3 is 5.11 Å². The van der Waals surface area contributed by atoms with Crippen LogP contribution in [0.5, 0.6) is 0 Å². The lowest BCUT2D eigenvalue weighted by Gasteiger charge is -2.15. The summed E-state index contributed by atoms with van der Waals surface area (Å²) in [6, 6.07) is 0. The summed E-state index contributed by atoms with van der Waals surface area (Å²) in [5, 5.41) is 8.84. The predicted octanol–water partition coefficient (Wildman–Crippen LogP) is 4.71. The van der Waals surface area contributed by atoms with Crippen LogP contribution in [0.4, 0.5) is 0 Å². The van der Waals surface area contributed by atoms with E-state index in [0.717, 1.165) is 19.3 Å². The molecule has 2 N–H and O–H groups in total. The van der Waals surface area contributed by atoms with Crippen LogP contribution in [0.15, 0.2) is 0 Å². The summed E-state index contributed by atoms with van der Waals surface area (Å²) in [5.74, 6) is 0. The standard InChI is InChI=1S/C17H36O4S/c1-3-5-6-7-8-9-10-11-14-17(22(19,20)21)15-12-13-16(18)4-2/h16-18H,3-15H2,1-2H3,(H,19,20,21). The summed E-state index contributed by atoms with van der Waals surface area (Å²) in [4.78, 5) is 0. The predicted molar refractivity (Wildman–Crippen MR) is 92.7 cm³/mol. The Morgan fingerprint density at radius 3 is 1.77 bits per heavy atom. The minimum atomic E-state index is -3.96. The average molecular weight is 337 g/mol. The van der Waals surface area contributed by atoms with E-state index in [1.807, 2.05) is 6.92 Å². The second kappa shape index (κ2) is 13.3. The fourth-order valence-electron chi connectivity index (χ4n) is 2.73. The second-order valence-corrected chi connectivity index (χ2v) is 8.09. The summed E-state index contributed by atoms with van der Waals surface area (Å²) in [6.45, 7) is 4.11. The molecule has 5 heteroatoms. The molecule has 0 aromatic carbocycles. The Hall–Kier alpha value is -0.130. The Balaban J connectivity index is 3.83. The summed E-state index contributed by atoms with van der Waals surface area (Å²) in [6.07, 6.45) is 12.0. The average Bonchev–Trinajstić information content (AvgIpc) is 2.46. The molecule has 0 aliphatic carbocycles. The van der Waals surface area contributed by atoms with E-state index in [2.05, 4.69) is 6.92 Å². The molecule has 0 fully saturated rings. The Bertz CT molecular complexity index is 341. The van der Waals surface area contributed by atoms with E-state index in [-0.39, 0.29) is 6.10 Å². The molecule has 134 valence electrons. The molecule has 0 amide bonds. The lowest BCUT2D eigenvalue weighted by molar-refractivity contribution is 0.156. The van der Waals surface area contributed by atoms with Crippen molar-refractivity contribution in [1.82, 2.24) is 0 Å². The van der Waals surface area contributed by atoms with Gasteiger partial charge in [0.2, 0.25) is 0 Å². The summed E-state index contributed by atoms with van der Waals surface area (Å²) in [5.41, 5.74) is 0. The fraction of sp³-hybridized carbons (Fsp3) is 1.00. The first kappa shape index (κ1) is 21.9. The van der Waals surface area contributed by atoms with Gasteiger partial charge in [0, 0.05) is 0 Å². The number of rotatable bonds is 15. The van der Waals surface area contributed by atoms with Crippen molar-refractivity contribution in [2.75, 3.05) is 0 Å². The minimum absolute atomic E-state index is 0.356. The van der Waals surface area contributed by atoms with Crippen molar-refractivity contribution in [2.24, 2.45) is 0 Å². The van der Waals surface area contributed by atoms with Crippen molar-refractivity contribution in [1.29, 1.82) is 0 Å².